The standard InChI is InChI=1S/C9H5IN2OS/c10-8(13)7-5-12-9(14-7)6-2-1-3-11-4-6/h1-5H. The molecular formula is C9H5IN2OS. The highest BCUT2D eigenvalue weighted by Gasteiger charge is 2.08. The Balaban J connectivity index is 2.39. The number of halogens is 1. The van der Waals surface area contributed by atoms with Gasteiger partial charge < -0.3 is 0 Å². The maximum Gasteiger partial charge on any atom is 0.233 e. The third-order valence-corrected chi connectivity index (χ3v) is 3.60. The molecular weight excluding hydrogens is 311 g/mol. The van der Waals surface area contributed by atoms with Gasteiger partial charge in [0.2, 0.25) is 3.79 Å². The van der Waals surface area contributed by atoms with Crippen LogP contribution in [0.5, 0.6) is 0 Å². The molecule has 0 saturated heterocycles. The zero-order chi connectivity index (χ0) is 9.97. The van der Waals surface area contributed by atoms with E-state index in [-0.39, 0.29) is 3.79 Å². The minimum absolute atomic E-state index is 0.0234. The molecule has 0 amide bonds. The molecule has 0 radical (unpaired) electrons. The minimum atomic E-state index is 0.0234. The van der Waals surface area contributed by atoms with E-state index in [0.29, 0.717) is 4.88 Å². The van der Waals surface area contributed by atoms with Gasteiger partial charge in [-0.25, -0.2) is 4.98 Å². The van der Waals surface area contributed by atoms with Gasteiger partial charge in [-0.15, -0.1) is 11.3 Å². The SMILES string of the molecule is O=C(I)c1cnc(-c2cccnc2)s1. The Bertz CT molecular complexity index is 455. The Morgan fingerprint density at radius 3 is 2.86 bits per heavy atom. The molecule has 0 saturated carbocycles. The van der Waals surface area contributed by atoms with Crippen LogP contribution in [0.2, 0.25) is 0 Å². The number of carbonyl (C=O) groups is 1. The number of carbonyl (C=O) groups excluding carboxylic acids is 1. The van der Waals surface area contributed by atoms with Gasteiger partial charge in [0, 0.05) is 40.5 Å². The second-order valence-electron chi connectivity index (χ2n) is 2.55. The van der Waals surface area contributed by atoms with Crippen molar-refractivity contribution >= 4 is 37.7 Å². The summed E-state index contributed by atoms with van der Waals surface area (Å²) in [4.78, 5) is 19.9. The van der Waals surface area contributed by atoms with Crippen LogP contribution in [0.15, 0.2) is 30.7 Å². The van der Waals surface area contributed by atoms with Gasteiger partial charge in [-0.05, 0) is 12.1 Å². The quantitative estimate of drug-likeness (QED) is 0.632. The van der Waals surface area contributed by atoms with Gasteiger partial charge in [-0.2, -0.15) is 0 Å². The third-order valence-electron chi connectivity index (χ3n) is 1.61. The zero-order valence-electron chi connectivity index (χ0n) is 6.98. The van der Waals surface area contributed by atoms with Gasteiger partial charge >= 0.3 is 0 Å². The second-order valence-corrected chi connectivity index (χ2v) is 4.56. The third kappa shape index (κ3) is 1.98. The zero-order valence-corrected chi connectivity index (χ0v) is 9.95. The Morgan fingerprint density at radius 2 is 2.29 bits per heavy atom. The summed E-state index contributed by atoms with van der Waals surface area (Å²) >= 11 is 3.14. The number of thiazole rings is 1. The lowest BCUT2D eigenvalue weighted by Crippen LogP contribution is -1.77. The van der Waals surface area contributed by atoms with Crippen molar-refractivity contribution in [1.29, 1.82) is 0 Å². The minimum Gasteiger partial charge on any atom is -0.281 e. The van der Waals surface area contributed by atoms with Gasteiger partial charge in [0.1, 0.15) is 9.88 Å². The van der Waals surface area contributed by atoms with E-state index in [1.54, 1.807) is 41.2 Å². The van der Waals surface area contributed by atoms with Crippen LogP contribution in [0, 0.1) is 0 Å². The summed E-state index contributed by atoms with van der Waals surface area (Å²) in [6.45, 7) is 0. The molecule has 5 heteroatoms. The molecule has 0 unspecified atom stereocenters. The monoisotopic (exact) mass is 316 g/mol. The molecule has 2 rings (SSSR count). The van der Waals surface area contributed by atoms with Crippen LogP contribution in [0.1, 0.15) is 9.67 Å². The first-order valence-corrected chi connectivity index (χ1v) is 5.73. The Morgan fingerprint density at radius 1 is 1.43 bits per heavy atom. The van der Waals surface area contributed by atoms with Crippen LogP contribution in [0.25, 0.3) is 10.6 Å². The lowest BCUT2D eigenvalue weighted by molar-refractivity contribution is 0.110. The average molecular weight is 316 g/mol. The highest BCUT2D eigenvalue weighted by Crippen LogP contribution is 2.25. The molecule has 0 bridgehead atoms. The van der Waals surface area contributed by atoms with Crippen molar-refractivity contribution in [1.82, 2.24) is 9.97 Å². The van der Waals surface area contributed by atoms with Crippen molar-refractivity contribution in [2.24, 2.45) is 0 Å². The molecule has 70 valence electrons. The topological polar surface area (TPSA) is 42.9 Å². The number of aromatic nitrogens is 2. The molecule has 0 atom stereocenters. The van der Waals surface area contributed by atoms with Crippen molar-refractivity contribution in [2.45, 2.75) is 0 Å². The van der Waals surface area contributed by atoms with E-state index in [4.69, 9.17) is 0 Å². The van der Waals surface area contributed by atoms with Gasteiger partial charge in [-0.1, -0.05) is 0 Å². The summed E-state index contributed by atoms with van der Waals surface area (Å²) in [5, 5.41) is 0.832. The lowest BCUT2D eigenvalue weighted by Gasteiger charge is -1.91. The number of rotatable bonds is 2. The Labute approximate surface area is 98.4 Å². The fourth-order valence-corrected chi connectivity index (χ4v) is 2.20. The van der Waals surface area contributed by atoms with E-state index >= 15 is 0 Å². The largest absolute Gasteiger partial charge is 0.281 e. The smallest absolute Gasteiger partial charge is 0.233 e. The normalized spacial score (nSPS) is 10.1. The van der Waals surface area contributed by atoms with Crippen molar-refractivity contribution in [3.8, 4) is 10.6 Å². The van der Waals surface area contributed by atoms with E-state index < -0.39 is 0 Å². The van der Waals surface area contributed by atoms with Crippen LogP contribution in [0.3, 0.4) is 0 Å². The van der Waals surface area contributed by atoms with E-state index in [1.165, 1.54) is 11.3 Å². The second kappa shape index (κ2) is 4.14. The van der Waals surface area contributed by atoms with E-state index in [2.05, 4.69) is 9.97 Å². The molecule has 3 nitrogen and oxygen atoms in total. The first kappa shape index (κ1) is 9.72. The highest BCUT2D eigenvalue weighted by molar-refractivity contribution is 14.1. The summed E-state index contributed by atoms with van der Waals surface area (Å²) in [5.41, 5.74) is 0.946. The summed E-state index contributed by atoms with van der Waals surface area (Å²) in [6.07, 6.45) is 5.05. The summed E-state index contributed by atoms with van der Waals surface area (Å²) in [7, 11) is 0. The molecule has 2 heterocycles. The molecule has 0 fully saturated rings. The maximum atomic E-state index is 11.0. The van der Waals surface area contributed by atoms with Crippen LogP contribution >= 0.6 is 33.9 Å². The molecule has 14 heavy (non-hydrogen) atoms. The first-order chi connectivity index (χ1) is 6.77. The van der Waals surface area contributed by atoms with Gasteiger partial charge in [0.25, 0.3) is 0 Å². The van der Waals surface area contributed by atoms with Crippen molar-refractivity contribution in [3.05, 3.63) is 35.6 Å². The van der Waals surface area contributed by atoms with E-state index in [9.17, 15) is 4.79 Å². The molecule has 0 spiro atoms. The highest BCUT2D eigenvalue weighted by atomic mass is 127. The van der Waals surface area contributed by atoms with Gasteiger partial charge in [0.15, 0.2) is 0 Å². The summed E-state index contributed by atoms with van der Waals surface area (Å²) in [5.74, 6) is 0. The molecule has 0 aromatic carbocycles. The maximum absolute atomic E-state index is 11.0. The molecule has 0 aliphatic heterocycles. The molecule has 0 aliphatic rings. The number of nitrogens with zero attached hydrogens (tertiary/aromatic N) is 2. The van der Waals surface area contributed by atoms with Crippen LogP contribution in [0.4, 0.5) is 0 Å². The molecule has 2 aromatic rings. The number of hydrogen-bond donors (Lipinski definition) is 0. The van der Waals surface area contributed by atoms with Crippen molar-refractivity contribution in [3.63, 3.8) is 0 Å². The van der Waals surface area contributed by atoms with E-state index in [1.807, 2.05) is 12.1 Å². The fourth-order valence-electron chi connectivity index (χ4n) is 0.988. The van der Waals surface area contributed by atoms with E-state index in [0.717, 1.165) is 10.6 Å². The number of hydrogen-bond acceptors (Lipinski definition) is 4. The lowest BCUT2D eigenvalue weighted by atomic mass is 10.3. The molecule has 0 aliphatic carbocycles. The van der Waals surface area contributed by atoms with Gasteiger partial charge in [-0.3, -0.25) is 9.78 Å². The first-order valence-electron chi connectivity index (χ1n) is 3.83. The van der Waals surface area contributed by atoms with Crippen LogP contribution in [-0.2, 0) is 0 Å². The van der Waals surface area contributed by atoms with Gasteiger partial charge in [0.05, 0.1) is 6.20 Å². The fraction of sp³-hybridized carbons (Fsp3) is 0. The number of pyridine rings is 1. The summed E-state index contributed by atoms with van der Waals surface area (Å²) < 4.78 is 0.0234. The molecule has 2 aromatic heterocycles. The van der Waals surface area contributed by atoms with Crippen molar-refractivity contribution < 1.29 is 4.79 Å². The Hall–Kier alpha value is -0.820. The predicted octanol–water partition coefficient (Wildman–Crippen LogP) is 2.78. The van der Waals surface area contributed by atoms with Crippen LogP contribution in [-0.4, -0.2) is 13.8 Å². The predicted molar refractivity (Wildman–Crippen MR) is 63.7 cm³/mol. The van der Waals surface area contributed by atoms with Crippen LogP contribution < -0.4 is 0 Å². The van der Waals surface area contributed by atoms with Crippen molar-refractivity contribution in [2.75, 3.05) is 0 Å². The molecule has 0 N–H and O–H groups in total. The average Bonchev–Trinajstić information content (AvgIpc) is 2.68. The summed E-state index contributed by atoms with van der Waals surface area (Å²) in [6, 6.07) is 3.77. The Kier molecular flexibility index (Phi) is 2.87.